The zero-order valence-electron chi connectivity index (χ0n) is 32.3. The fraction of sp³-hybridized carbons (Fsp3) is 0.295. The number of nitriles is 1. The topological polar surface area (TPSA) is 161 Å². The van der Waals surface area contributed by atoms with E-state index < -0.39 is 23.1 Å². The number of aromatic nitrogens is 2. The number of ether oxygens (including phenoxy) is 1. The third-order valence-corrected chi connectivity index (χ3v) is 9.08. The molecular weight excluding hydrogens is 712 g/mol. The maximum absolute atomic E-state index is 14.7. The maximum atomic E-state index is 14.7. The van der Waals surface area contributed by atoms with Gasteiger partial charge >= 0.3 is 6.03 Å². The zero-order valence-corrected chi connectivity index (χ0v) is 32.3. The van der Waals surface area contributed by atoms with E-state index >= 15 is 0 Å². The lowest BCUT2D eigenvalue weighted by atomic mass is 9.95. The highest BCUT2D eigenvalue weighted by Gasteiger charge is 2.22. The van der Waals surface area contributed by atoms with E-state index in [1.807, 2.05) is 55.5 Å². The predicted molar refractivity (Wildman–Crippen MR) is 215 cm³/mol. The summed E-state index contributed by atoms with van der Waals surface area (Å²) in [7, 11) is 0. The molecule has 1 aliphatic rings. The predicted octanol–water partition coefficient (Wildman–Crippen LogP) is 7.44. The molecule has 4 N–H and O–H groups in total. The Labute approximate surface area is 326 Å². The van der Waals surface area contributed by atoms with Crippen LogP contribution in [0.1, 0.15) is 61.2 Å². The highest BCUT2D eigenvalue weighted by Crippen LogP contribution is 2.26. The summed E-state index contributed by atoms with van der Waals surface area (Å²) < 4.78 is 20.0. The van der Waals surface area contributed by atoms with Crippen LogP contribution < -0.4 is 15.5 Å². The van der Waals surface area contributed by atoms with Crippen LogP contribution in [-0.2, 0) is 33.6 Å². The van der Waals surface area contributed by atoms with Crippen molar-refractivity contribution < 1.29 is 28.9 Å². The van der Waals surface area contributed by atoms with Crippen LogP contribution in [0.5, 0.6) is 0 Å². The van der Waals surface area contributed by atoms with Crippen LogP contribution in [0.25, 0.3) is 11.4 Å². The third-order valence-electron chi connectivity index (χ3n) is 9.08. The lowest BCUT2D eigenvalue weighted by Crippen LogP contribution is -2.37. The molecule has 4 aromatic carbocycles. The Kier molecular flexibility index (Phi) is 13.3. The summed E-state index contributed by atoms with van der Waals surface area (Å²) in [6.45, 7) is 10.8. The molecule has 6 rings (SSSR count). The molecule has 0 saturated carbocycles. The molecule has 290 valence electrons. The third kappa shape index (κ3) is 11.5. The van der Waals surface area contributed by atoms with Gasteiger partial charge in [-0.3, -0.25) is 4.79 Å². The number of amides is 2. The Bertz CT molecular complexity index is 2150. The first-order valence-electron chi connectivity index (χ1n) is 18.3. The number of nitrogens with one attached hydrogen (secondary N) is 2. The first-order valence-corrected chi connectivity index (χ1v) is 18.3. The number of aliphatic hydroxyl groups is 2. The lowest BCUT2D eigenvalue weighted by Gasteiger charge is -2.28. The van der Waals surface area contributed by atoms with Crippen LogP contribution >= 0.6 is 0 Å². The van der Waals surface area contributed by atoms with Gasteiger partial charge in [-0.1, -0.05) is 66.2 Å². The largest absolute Gasteiger partial charge is 0.386 e. The van der Waals surface area contributed by atoms with E-state index in [2.05, 4.69) is 20.6 Å². The molecule has 1 saturated heterocycles. The van der Waals surface area contributed by atoms with Gasteiger partial charge in [0.1, 0.15) is 11.9 Å². The molecule has 12 heteroatoms. The molecular formula is C44H47FN6O5. The number of urea groups is 1. The molecule has 0 spiro atoms. The quantitative estimate of drug-likeness (QED) is 0.114. The van der Waals surface area contributed by atoms with Gasteiger partial charge in [-0.05, 0) is 93.3 Å². The van der Waals surface area contributed by atoms with Crippen molar-refractivity contribution in [3.05, 3.63) is 136 Å². The fourth-order valence-corrected chi connectivity index (χ4v) is 5.83. The second kappa shape index (κ2) is 18.1. The molecule has 11 nitrogen and oxygen atoms in total. The number of carbonyl (C=O) groups is 2. The second-order valence-corrected chi connectivity index (χ2v) is 14.7. The minimum absolute atomic E-state index is 0.0760. The minimum atomic E-state index is -0.965. The molecule has 0 unspecified atom stereocenters. The number of carbonyl (C=O) groups excluding carboxylic acids is 2. The number of ketones is 1. The zero-order chi connectivity index (χ0) is 40.5. The van der Waals surface area contributed by atoms with Gasteiger partial charge in [-0.2, -0.15) is 9.65 Å². The van der Waals surface area contributed by atoms with E-state index in [1.54, 1.807) is 87.2 Å². The Balaban J connectivity index is 0.000000244. The lowest BCUT2D eigenvalue weighted by molar-refractivity contribution is -0.117. The van der Waals surface area contributed by atoms with E-state index in [9.17, 15) is 29.5 Å². The summed E-state index contributed by atoms with van der Waals surface area (Å²) in [4.78, 5) is 34.6. The average molecular weight is 759 g/mol. The fourth-order valence-electron chi connectivity index (χ4n) is 5.83. The van der Waals surface area contributed by atoms with Crippen molar-refractivity contribution in [2.24, 2.45) is 0 Å². The summed E-state index contributed by atoms with van der Waals surface area (Å²) >= 11 is 0. The Hall–Kier alpha value is -6.00. The first-order chi connectivity index (χ1) is 26.6. The van der Waals surface area contributed by atoms with Gasteiger partial charge in [0.25, 0.3) is 0 Å². The molecule has 0 bridgehead atoms. The van der Waals surface area contributed by atoms with Gasteiger partial charge in [-0.25, -0.2) is 14.8 Å². The molecule has 0 aliphatic carbocycles. The number of benzene rings is 4. The maximum Gasteiger partial charge on any atom is 0.323 e. The van der Waals surface area contributed by atoms with Gasteiger partial charge in [0.15, 0.2) is 17.3 Å². The first kappa shape index (κ1) is 41.2. The summed E-state index contributed by atoms with van der Waals surface area (Å²) in [5, 5.41) is 34.8. The van der Waals surface area contributed by atoms with Crippen molar-refractivity contribution in [2.45, 2.75) is 58.7 Å². The Morgan fingerprint density at radius 3 is 1.71 bits per heavy atom. The molecule has 5 aromatic rings. The average Bonchev–Trinajstić information content (AvgIpc) is 3.16. The second-order valence-electron chi connectivity index (χ2n) is 14.7. The van der Waals surface area contributed by atoms with Crippen LogP contribution in [0.4, 0.5) is 26.4 Å². The van der Waals surface area contributed by atoms with Gasteiger partial charge in [0.05, 0.1) is 24.4 Å². The van der Waals surface area contributed by atoms with Crippen LogP contribution in [-0.4, -0.2) is 58.3 Å². The number of rotatable bonds is 10. The van der Waals surface area contributed by atoms with Crippen molar-refractivity contribution in [1.29, 1.82) is 5.26 Å². The number of hydrogen-bond donors (Lipinski definition) is 4. The smallest absolute Gasteiger partial charge is 0.323 e. The van der Waals surface area contributed by atoms with Crippen LogP contribution in [0.2, 0.25) is 0 Å². The molecule has 1 aromatic heterocycles. The number of anilines is 3. The number of hydrogen-bond acceptors (Lipinski definition) is 9. The summed E-state index contributed by atoms with van der Waals surface area (Å²) in [5.41, 5.74) is 4.38. The molecule has 0 radical (unpaired) electrons. The van der Waals surface area contributed by atoms with E-state index in [0.717, 1.165) is 22.3 Å². The van der Waals surface area contributed by atoms with Crippen molar-refractivity contribution in [3.63, 3.8) is 0 Å². The highest BCUT2D eigenvalue weighted by molar-refractivity contribution is 5.99. The molecule has 0 atom stereocenters. The van der Waals surface area contributed by atoms with Crippen molar-refractivity contribution >= 4 is 29.0 Å². The van der Waals surface area contributed by atoms with E-state index in [1.165, 1.54) is 5.56 Å². The van der Waals surface area contributed by atoms with Crippen molar-refractivity contribution in [2.75, 3.05) is 41.8 Å². The monoisotopic (exact) mass is 758 g/mol. The SMILES string of the molecule is CC(C)(O)c1ccc(NC(=O)Nc2ccc(-c3nc(C#N)c(F)c(N4CCOCC4)n3)cc2)cc1.Cc1ccc(CC(=O)Cc2ccc(C(C)(C)O)cc2)cc1. The van der Waals surface area contributed by atoms with Crippen molar-refractivity contribution in [1.82, 2.24) is 9.97 Å². The Morgan fingerprint density at radius 1 is 0.768 bits per heavy atom. The summed E-state index contributed by atoms with van der Waals surface area (Å²) in [6, 6.07) is 30.6. The number of morpholine rings is 1. The van der Waals surface area contributed by atoms with Gasteiger partial charge in [-0.15, -0.1) is 0 Å². The molecule has 2 amide bonds. The normalized spacial score (nSPS) is 12.9. The standard InChI is InChI=1S/C25H25FN6O3.C19H22O2/c1-25(2,34)17-5-9-19(10-6-17)29-24(33)28-18-7-3-16(4-8-18)22-30-20(15-27)21(26)23(31-22)32-11-13-35-14-12-32;1-14-4-6-15(7-5-14)12-18(20)13-16-8-10-17(11-9-16)19(2,3)21/h3-10,34H,11-14H2,1-2H3,(H2,28,29,33);4-11,21H,12-13H2,1-3H3. The summed E-state index contributed by atoms with van der Waals surface area (Å²) in [5.74, 6) is -0.252. The van der Waals surface area contributed by atoms with E-state index in [4.69, 9.17) is 4.74 Å². The summed E-state index contributed by atoms with van der Waals surface area (Å²) in [6.07, 6.45) is 0.896. The van der Waals surface area contributed by atoms with Crippen LogP contribution in [0.15, 0.2) is 97.1 Å². The highest BCUT2D eigenvalue weighted by atomic mass is 19.1. The number of aryl methyl sites for hydroxylation is 1. The molecule has 1 fully saturated rings. The molecule has 1 aliphatic heterocycles. The number of halogens is 1. The van der Waals surface area contributed by atoms with E-state index in [0.29, 0.717) is 56.1 Å². The minimum Gasteiger partial charge on any atom is -0.386 e. The van der Waals surface area contributed by atoms with Gasteiger partial charge in [0.2, 0.25) is 5.82 Å². The van der Waals surface area contributed by atoms with Gasteiger partial charge < -0.3 is 30.5 Å². The van der Waals surface area contributed by atoms with E-state index in [-0.39, 0.29) is 23.1 Å². The van der Waals surface area contributed by atoms with Crippen LogP contribution in [0.3, 0.4) is 0 Å². The van der Waals surface area contributed by atoms with Gasteiger partial charge in [0, 0.05) is 42.9 Å². The van der Waals surface area contributed by atoms with Crippen molar-refractivity contribution in [3.8, 4) is 17.5 Å². The Morgan fingerprint density at radius 2 is 1.23 bits per heavy atom. The molecule has 56 heavy (non-hydrogen) atoms. The number of nitrogens with zero attached hydrogens (tertiary/aromatic N) is 4. The number of Topliss-reactive ketones (excluding diaryl/α,β-unsaturated/α-hetero) is 1. The molecule has 2 heterocycles. The van der Waals surface area contributed by atoms with Crippen LogP contribution in [0, 0.1) is 24.1 Å².